The summed E-state index contributed by atoms with van der Waals surface area (Å²) in [7, 11) is 0. The minimum atomic E-state index is -0.0382. The summed E-state index contributed by atoms with van der Waals surface area (Å²) in [5.41, 5.74) is 0.977. The van der Waals surface area contributed by atoms with Crippen LogP contribution in [-0.2, 0) is 4.79 Å². The van der Waals surface area contributed by atoms with E-state index in [0.717, 1.165) is 17.2 Å². The van der Waals surface area contributed by atoms with Crippen LogP contribution in [-0.4, -0.2) is 18.0 Å². The van der Waals surface area contributed by atoms with Crippen LogP contribution >= 0.6 is 11.3 Å². The summed E-state index contributed by atoms with van der Waals surface area (Å²) in [5, 5.41) is 6.53. The smallest absolute Gasteiger partial charge is 0.224 e. The molecule has 0 aliphatic carbocycles. The molecule has 14 heavy (non-hydrogen) atoms. The predicted octanol–water partition coefficient (Wildman–Crippen LogP) is 2.31. The minimum absolute atomic E-state index is 0.0382. The first-order chi connectivity index (χ1) is 6.49. The number of nitrogens with one attached hydrogen (secondary N) is 1. The Labute approximate surface area is 87.7 Å². The molecule has 1 aromatic rings. The van der Waals surface area contributed by atoms with Gasteiger partial charge >= 0.3 is 0 Å². The number of carbonyl (C=O) groups excluding carboxylic acids is 1. The zero-order chi connectivity index (χ0) is 10.3. The summed E-state index contributed by atoms with van der Waals surface area (Å²) in [6, 6.07) is 1.99. The molecule has 0 radical (unpaired) electrons. The van der Waals surface area contributed by atoms with Crippen LogP contribution in [0.2, 0.25) is 0 Å². The normalized spacial score (nSPS) is 18.6. The molecule has 4 heteroatoms. The van der Waals surface area contributed by atoms with Gasteiger partial charge in [0, 0.05) is 13.5 Å². The Morgan fingerprint density at radius 2 is 2.36 bits per heavy atom. The van der Waals surface area contributed by atoms with E-state index in [-0.39, 0.29) is 11.4 Å². The molecule has 1 N–H and O–H groups in total. The van der Waals surface area contributed by atoms with Gasteiger partial charge in [-0.2, -0.15) is 0 Å². The van der Waals surface area contributed by atoms with Gasteiger partial charge in [0.05, 0.1) is 11.2 Å². The van der Waals surface area contributed by atoms with Crippen molar-refractivity contribution in [2.45, 2.75) is 26.3 Å². The standard InChI is InChI=1S/C10H14N2OS/c1-7(13)12-6-10(2,3)11-9-8(12)4-5-14-9/h4-5,11H,6H2,1-3H3. The average molecular weight is 210 g/mol. The van der Waals surface area contributed by atoms with E-state index in [1.54, 1.807) is 18.3 Å². The molecule has 3 nitrogen and oxygen atoms in total. The van der Waals surface area contributed by atoms with Crippen molar-refractivity contribution in [1.82, 2.24) is 0 Å². The second-order valence-corrected chi connectivity index (χ2v) is 5.17. The highest BCUT2D eigenvalue weighted by Crippen LogP contribution is 2.38. The molecule has 2 rings (SSSR count). The molecule has 76 valence electrons. The summed E-state index contributed by atoms with van der Waals surface area (Å²) in [4.78, 5) is 13.3. The number of fused-ring (bicyclic) bond motifs is 1. The number of hydrogen-bond acceptors (Lipinski definition) is 3. The molecular formula is C10H14N2OS. The Morgan fingerprint density at radius 1 is 1.64 bits per heavy atom. The molecule has 0 unspecified atom stereocenters. The number of carbonyl (C=O) groups is 1. The number of hydrogen-bond donors (Lipinski definition) is 1. The van der Waals surface area contributed by atoms with Crippen LogP contribution in [0.25, 0.3) is 0 Å². The van der Waals surface area contributed by atoms with Gasteiger partial charge in [-0.15, -0.1) is 11.3 Å². The molecule has 0 atom stereocenters. The predicted molar refractivity (Wildman–Crippen MR) is 60.0 cm³/mol. The fourth-order valence-electron chi connectivity index (χ4n) is 1.72. The summed E-state index contributed by atoms with van der Waals surface area (Å²) >= 11 is 1.64. The van der Waals surface area contributed by atoms with Gasteiger partial charge in [0.1, 0.15) is 5.00 Å². The highest BCUT2D eigenvalue weighted by molar-refractivity contribution is 7.15. The lowest BCUT2D eigenvalue weighted by Gasteiger charge is -2.38. The van der Waals surface area contributed by atoms with Gasteiger partial charge in [-0.1, -0.05) is 0 Å². The number of thiophene rings is 1. The van der Waals surface area contributed by atoms with Crippen LogP contribution in [0.3, 0.4) is 0 Å². The zero-order valence-corrected chi connectivity index (χ0v) is 9.44. The number of nitrogens with zero attached hydrogens (tertiary/aromatic N) is 1. The van der Waals surface area contributed by atoms with E-state index in [2.05, 4.69) is 19.2 Å². The van der Waals surface area contributed by atoms with Gasteiger partial charge < -0.3 is 10.2 Å². The molecular weight excluding hydrogens is 196 g/mol. The summed E-state index contributed by atoms with van der Waals surface area (Å²) in [6.07, 6.45) is 0. The van der Waals surface area contributed by atoms with Crippen molar-refractivity contribution in [1.29, 1.82) is 0 Å². The van der Waals surface area contributed by atoms with Crippen LogP contribution in [0.4, 0.5) is 10.7 Å². The molecule has 2 heterocycles. The van der Waals surface area contributed by atoms with Crippen LogP contribution in [0.15, 0.2) is 11.4 Å². The van der Waals surface area contributed by atoms with Gasteiger partial charge in [0.15, 0.2) is 0 Å². The van der Waals surface area contributed by atoms with Crippen LogP contribution in [0.5, 0.6) is 0 Å². The lowest BCUT2D eigenvalue weighted by Crippen LogP contribution is -2.49. The maximum atomic E-state index is 11.5. The van der Waals surface area contributed by atoms with E-state index < -0.39 is 0 Å². The maximum Gasteiger partial charge on any atom is 0.224 e. The van der Waals surface area contributed by atoms with Crippen molar-refractivity contribution in [2.24, 2.45) is 0 Å². The fraction of sp³-hybridized carbons (Fsp3) is 0.500. The Morgan fingerprint density at radius 3 is 3.00 bits per heavy atom. The van der Waals surface area contributed by atoms with Crippen molar-refractivity contribution < 1.29 is 4.79 Å². The van der Waals surface area contributed by atoms with Gasteiger partial charge in [-0.3, -0.25) is 4.79 Å². The molecule has 0 saturated heterocycles. The maximum absolute atomic E-state index is 11.5. The highest BCUT2D eigenvalue weighted by Gasteiger charge is 2.31. The van der Waals surface area contributed by atoms with E-state index >= 15 is 0 Å². The Bertz CT molecular complexity index is 370. The highest BCUT2D eigenvalue weighted by atomic mass is 32.1. The molecule has 1 aliphatic rings. The minimum Gasteiger partial charge on any atom is -0.369 e. The van der Waals surface area contributed by atoms with Crippen molar-refractivity contribution in [2.75, 3.05) is 16.8 Å². The SMILES string of the molecule is CC(=O)N1CC(C)(C)Nc2sccc21. The lowest BCUT2D eigenvalue weighted by molar-refractivity contribution is -0.116. The van der Waals surface area contributed by atoms with Crippen LogP contribution < -0.4 is 10.2 Å². The van der Waals surface area contributed by atoms with Crippen LogP contribution in [0, 0.1) is 0 Å². The first-order valence-electron chi connectivity index (χ1n) is 4.63. The van der Waals surface area contributed by atoms with Crippen molar-refractivity contribution in [3.8, 4) is 0 Å². The molecule has 0 bridgehead atoms. The topological polar surface area (TPSA) is 32.3 Å². The Kier molecular flexibility index (Phi) is 2.03. The molecule has 1 aliphatic heterocycles. The largest absolute Gasteiger partial charge is 0.369 e. The van der Waals surface area contributed by atoms with Gasteiger partial charge in [-0.25, -0.2) is 0 Å². The lowest BCUT2D eigenvalue weighted by atomic mass is 10.0. The first kappa shape index (κ1) is 9.52. The summed E-state index contributed by atoms with van der Waals surface area (Å²) in [6.45, 7) is 6.55. The van der Waals surface area contributed by atoms with Crippen LogP contribution in [0.1, 0.15) is 20.8 Å². The van der Waals surface area contributed by atoms with Gasteiger partial charge in [0.25, 0.3) is 0 Å². The second-order valence-electron chi connectivity index (χ2n) is 4.25. The second kappa shape index (κ2) is 2.98. The molecule has 0 fully saturated rings. The molecule has 0 spiro atoms. The van der Waals surface area contributed by atoms with E-state index in [1.165, 1.54) is 0 Å². The number of anilines is 2. The third kappa shape index (κ3) is 1.50. The zero-order valence-electron chi connectivity index (χ0n) is 8.63. The molecule has 0 saturated carbocycles. The summed E-state index contributed by atoms with van der Waals surface area (Å²) in [5.74, 6) is 0.110. The third-order valence-electron chi connectivity index (χ3n) is 2.32. The van der Waals surface area contributed by atoms with Gasteiger partial charge in [-0.05, 0) is 25.3 Å². The molecule has 1 amide bonds. The average Bonchev–Trinajstić information content (AvgIpc) is 2.47. The van der Waals surface area contributed by atoms with E-state index in [1.807, 2.05) is 16.3 Å². The first-order valence-corrected chi connectivity index (χ1v) is 5.51. The van der Waals surface area contributed by atoms with Gasteiger partial charge in [0.2, 0.25) is 5.91 Å². The Balaban J connectivity index is 2.42. The van der Waals surface area contributed by atoms with Crippen molar-refractivity contribution in [3.63, 3.8) is 0 Å². The van der Waals surface area contributed by atoms with Crippen molar-refractivity contribution >= 4 is 27.9 Å². The molecule has 1 aromatic heterocycles. The van der Waals surface area contributed by atoms with E-state index in [0.29, 0.717) is 0 Å². The molecule has 0 aromatic carbocycles. The number of amides is 1. The summed E-state index contributed by atoms with van der Waals surface area (Å²) < 4.78 is 0. The third-order valence-corrected chi connectivity index (χ3v) is 3.14. The number of rotatable bonds is 0. The van der Waals surface area contributed by atoms with Crippen molar-refractivity contribution in [3.05, 3.63) is 11.4 Å². The Hall–Kier alpha value is -1.03. The van der Waals surface area contributed by atoms with E-state index in [4.69, 9.17) is 0 Å². The van der Waals surface area contributed by atoms with E-state index in [9.17, 15) is 4.79 Å². The monoisotopic (exact) mass is 210 g/mol. The quantitative estimate of drug-likeness (QED) is 0.712. The fourth-order valence-corrected chi connectivity index (χ4v) is 2.68.